The predicted octanol–water partition coefficient (Wildman–Crippen LogP) is 14.3. The highest BCUT2D eigenvalue weighted by atomic mass is 28.3. The van der Waals surface area contributed by atoms with Gasteiger partial charge in [0, 0.05) is 38.2 Å². The summed E-state index contributed by atoms with van der Waals surface area (Å²) in [5, 5.41) is 8.72. The van der Waals surface area contributed by atoms with Crippen molar-refractivity contribution >= 4 is 72.4 Å². The standard InChI is InChI=1S/C66H46N2Si/c1-6-24-47(25-7-1)58-45-53(69(50-28-10-3-11-29-50,51-30-12-4-13-31-51)52-32-14-5-15-33-52)46-59(48-26-8-2-9-27-48)66(58)68-64-41-23-19-37-57(64)60-44-49(42-43-65(60)68)54-34-16-20-38-61(54)67-62-39-21-17-35-55(62)56-36-18-22-40-63(56)67/h1-46H/i17D,21D,35D,39D. The second-order valence-electron chi connectivity index (χ2n) is 17.7. The van der Waals surface area contributed by atoms with Gasteiger partial charge < -0.3 is 9.13 Å². The number of fused-ring (bicyclic) bond motifs is 6. The van der Waals surface area contributed by atoms with Crippen molar-refractivity contribution in [2.24, 2.45) is 0 Å². The second-order valence-corrected chi connectivity index (χ2v) is 21.5. The highest BCUT2D eigenvalue weighted by molar-refractivity contribution is 7.20. The Hall–Kier alpha value is -8.76. The maximum Gasteiger partial charge on any atom is 0.179 e. The number of hydrogen-bond acceptors (Lipinski definition) is 0. The first-order chi connectivity index (χ1) is 35.9. The third-order valence-electron chi connectivity index (χ3n) is 14.0. The first-order valence-electron chi connectivity index (χ1n) is 25.5. The van der Waals surface area contributed by atoms with Gasteiger partial charge in [0.25, 0.3) is 0 Å². The Bertz CT molecular complexity index is 4070. The van der Waals surface area contributed by atoms with Crippen molar-refractivity contribution in [3.05, 3.63) is 279 Å². The summed E-state index contributed by atoms with van der Waals surface area (Å²) in [7, 11) is -3.02. The fraction of sp³-hybridized carbons (Fsp3) is 0. The third kappa shape index (κ3) is 6.54. The number of para-hydroxylation sites is 4. The average Bonchev–Trinajstić information content (AvgIpc) is 3.98. The lowest BCUT2D eigenvalue weighted by Gasteiger charge is -2.36. The van der Waals surface area contributed by atoms with Gasteiger partial charge in [-0.1, -0.05) is 243 Å². The first kappa shape index (κ1) is 36.4. The van der Waals surface area contributed by atoms with Crippen LogP contribution in [-0.2, 0) is 0 Å². The average molecular weight is 899 g/mol. The molecule has 0 saturated heterocycles. The van der Waals surface area contributed by atoms with Crippen LogP contribution < -0.4 is 20.7 Å². The molecule has 3 heteroatoms. The van der Waals surface area contributed by atoms with Crippen LogP contribution in [0.3, 0.4) is 0 Å². The summed E-state index contributed by atoms with van der Waals surface area (Å²) in [5.74, 6) is 0. The number of rotatable bonds is 9. The number of aromatic nitrogens is 2. The molecule has 0 atom stereocenters. The zero-order valence-corrected chi connectivity index (χ0v) is 38.6. The molecule has 2 heterocycles. The number of hydrogen-bond donors (Lipinski definition) is 0. The van der Waals surface area contributed by atoms with Crippen LogP contribution in [0.1, 0.15) is 5.48 Å². The molecule has 0 bridgehead atoms. The fourth-order valence-corrected chi connectivity index (χ4v) is 15.8. The Labute approximate surface area is 408 Å². The van der Waals surface area contributed by atoms with Gasteiger partial charge in [0.1, 0.15) is 0 Å². The lowest BCUT2D eigenvalue weighted by Crippen LogP contribution is -2.74. The third-order valence-corrected chi connectivity index (χ3v) is 18.7. The summed E-state index contributed by atoms with van der Waals surface area (Å²) in [6, 6.07) is 91.1. The van der Waals surface area contributed by atoms with E-state index in [1.165, 1.54) is 20.7 Å². The zero-order chi connectivity index (χ0) is 49.2. The molecule has 324 valence electrons. The van der Waals surface area contributed by atoms with E-state index in [0.717, 1.165) is 77.5 Å². The van der Waals surface area contributed by atoms with Gasteiger partial charge in [-0.05, 0) is 73.8 Å². The van der Waals surface area contributed by atoms with Gasteiger partial charge in [0.2, 0.25) is 0 Å². The minimum Gasteiger partial charge on any atom is -0.309 e. The number of benzene rings is 11. The summed E-state index contributed by atoms with van der Waals surface area (Å²) in [6.07, 6.45) is 0. The molecule has 0 aliphatic rings. The normalized spacial score (nSPS) is 12.6. The van der Waals surface area contributed by atoms with E-state index in [-0.39, 0.29) is 24.2 Å². The van der Waals surface area contributed by atoms with E-state index in [1.807, 2.05) is 41.0 Å². The molecule has 69 heavy (non-hydrogen) atoms. The summed E-state index contributed by atoms with van der Waals surface area (Å²) in [4.78, 5) is 0. The van der Waals surface area contributed by atoms with Crippen molar-refractivity contribution in [3.8, 4) is 44.8 Å². The van der Waals surface area contributed by atoms with Gasteiger partial charge in [0.05, 0.1) is 38.9 Å². The Morgan fingerprint density at radius 1 is 0.290 bits per heavy atom. The topological polar surface area (TPSA) is 9.86 Å². The maximum atomic E-state index is 9.23. The number of nitrogens with zero attached hydrogens (tertiary/aromatic N) is 2. The molecule has 0 fully saturated rings. The van der Waals surface area contributed by atoms with Crippen LogP contribution in [0, 0.1) is 0 Å². The molecule has 0 N–H and O–H groups in total. The van der Waals surface area contributed by atoms with Crippen molar-refractivity contribution < 1.29 is 5.48 Å². The van der Waals surface area contributed by atoms with E-state index in [1.54, 1.807) is 0 Å². The second kappa shape index (κ2) is 16.8. The van der Waals surface area contributed by atoms with Gasteiger partial charge in [-0.15, -0.1) is 0 Å². The minimum atomic E-state index is -3.02. The first-order valence-corrected chi connectivity index (χ1v) is 25.5. The van der Waals surface area contributed by atoms with E-state index in [9.17, 15) is 1.37 Å². The molecule has 2 aromatic heterocycles. The molecule has 0 aliphatic heterocycles. The van der Waals surface area contributed by atoms with Gasteiger partial charge in [-0.3, -0.25) is 0 Å². The Morgan fingerprint density at radius 2 is 0.739 bits per heavy atom. The Balaban J connectivity index is 1.12. The lowest BCUT2D eigenvalue weighted by molar-refractivity contribution is 1.18. The zero-order valence-electron chi connectivity index (χ0n) is 41.6. The Kier molecular flexibility index (Phi) is 8.87. The molecular formula is C66H46N2Si. The van der Waals surface area contributed by atoms with Crippen LogP contribution in [0.2, 0.25) is 0 Å². The van der Waals surface area contributed by atoms with Crippen LogP contribution in [0.5, 0.6) is 0 Å². The van der Waals surface area contributed by atoms with Gasteiger partial charge in [0.15, 0.2) is 8.07 Å². The van der Waals surface area contributed by atoms with Gasteiger partial charge >= 0.3 is 0 Å². The van der Waals surface area contributed by atoms with E-state index < -0.39 is 8.07 Å². The maximum absolute atomic E-state index is 9.23. The monoisotopic (exact) mass is 898 g/mol. The minimum absolute atomic E-state index is 0.0383. The molecule has 11 aromatic carbocycles. The molecule has 2 nitrogen and oxygen atoms in total. The molecular weight excluding hydrogens is 849 g/mol. The molecule has 0 amide bonds. The molecule has 0 radical (unpaired) electrons. The van der Waals surface area contributed by atoms with Crippen LogP contribution in [0.15, 0.2) is 279 Å². The van der Waals surface area contributed by atoms with Crippen molar-refractivity contribution in [2.45, 2.75) is 0 Å². The van der Waals surface area contributed by atoms with Crippen LogP contribution in [0.4, 0.5) is 0 Å². The van der Waals surface area contributed by atoms with Crippen LogP contribution >= 0.6 is 0 Å². The highest BCUT2D eigenvalue weighted by Crippen LogP contribution is 2.43. The smallest absolute Gasteiger partial charge is 0.179 e. The van der Waals surface area contributed by atoms with Crippen molar-refractivity contribution in [1.29, 1.82) is 0 Å². The fourth-order valence-electron chi connectivity index (χ4n) is 11.0. The van der Waals surface area contributed by atoms with E-state index in [4.69, 9.17) is 4.11 Å². The van der Waals surface area contributed by atoms with Crippen LogP contribution in [0.25, 0.3) is 88.4 Å². The quantitative estimate of drug-likeness (QED) is 0.101. The molecule has 13 aromatic rings. The lowest BCUT2D eigenvalue weighted by atomic mass is 9.95. The predicted molar refractivity (Wildman–Crippen MR) is 295 cm³/mol. The van der Waals surface area contributed by atoms with Crippen molar-refractivity contribution in [2.75, 3.05) is 0 Å². The van der Waals surface area contributed by atoms with Gasteiger partial charge in [-0.25, -0.2) is 0 Å². The van der Waals surface area contributed by atoms with E-state index in [2.05, 4.69) is 223 Å². The Morgan fingerprint density at radius 3 is 1.32 bits per heavy atom. The van der Waals surface area contributed by atoms with Gasteiger partial charge in [-0.2, -0.15) is 0 Å². The molecule has 0 aliphatic carbocycles. The largest absolute Gasteiger partial charge is 0.309 e. The summed E-state index contributed by atoms with van der Waals surface area (Å²) in [6.45, 7) is 0. The van der Waals surface area contributed by atoms with Crippen molar-refractivity contribution in [3.63, 3.8) is 0 Å². The van der Waals surface area contributed by atoms with Crippen molar-refractivity contribution in [1.82, 2.24) is 9.13 Å². The summed E-state index contributed by atoms with van der Waals surface area (Å²) in [5.41, 5.74) is 11.8. The van der Waals surface area contributed by atoms with Crippen LogP contribution in [-0.4, -0.2) is 17.2 Å². The van der Waals surface area contributed by atoms with E-state index in [0.29, 0.717) is 10.9 Å². The summed E-state index contributed by atoms with van der Waals surface area (Å²) >= 11 is 0. The molecule has 0 unspecified atom stereocenters. The molecule has 0 saturated carbocycles. The summed E-state index contributed by atoms with van der Waals surface area (Å²) < 4.78 is 40.1. The highest BCUT2D eigenvalue weighted by Gasteiger charge is 2.42. The van der Waals surface area contributed by atoms with E-state index >= 15 is 0 Å². The molecule has 0 spiro atoms. The molecule has 13 rings (SSSR count). The SMILES string of the molecule is [2H]c1c([2H])c([2H])c2c(c1[2H])c1ccccc1n2-c1ccccc1-c1ccc2c(c1)c1ccccc1n2-c1c(-c2ccccc2)cc([Si](c2ccccc2)(c2ccccc2)c2ccccc2)cc1-c1ccccc1.